The Kier molecular flexibility index (Phi) is 5.66. The maximum Gasteiger partial charge on any atom is 0.332 e. The fraction of sp³-hybridized carbons (Fsp3) is 0.308. The third-order valence-electron chi connectivity index (χ3n) is 5.93. The Morgan fingerprint density at radius 1 is 0.939 bits per heavy atom. The molecule has 0 saturated carbocycles. The van der Waals surface area contributed by atoms with Crippen molar-refractivity contribution >= 4 is 29.1 Å². The summed E-state index contributed by atoms with van der Waals surface area (Å²) in [6.45, 7) is 10.3. The van der Waals surface area contributed by atoms with Crippen LogP contribution in [0, 0.1) is 0 Å². The highest BCUT2D eigenvalue weighted by atomic mass is 16.2. The third-order valence-corrected chi connectivity index (χ3v) is 5.93. The number of benzene rings is 1. The smallest absolute Gasteiger partial charge is 0.332 e. The van der Waals surface area contributed by atoms with Crippen LogP contribution in [0.4, 0.5) is 22.0 Å². The van der Waals surface area contributed by atoms with Crippen molar-refractivity contribution < 1.29 is 9.59 Å². The van der Waals surface area contributed by atoms with E-state index in [0.717, 1.165) is 16.8 Å². The summed E-state index contributed by atoms with van der Waals surface area (Å²) in [4.78, 5) is 37.9. The number of hydrogen-bond acceptors (Lipinski definition) is 5. The Labute approximate surface area is 194 Å². The molecule has 1 N–H and O–H groups in total. The van der Waals surface area contributed by atoms with Crippen LogP contribution >= 0.6 is 0 Å². The van der Waals surface area contributed by atoms with Gasteiger partial charge in [-0.2, -0.15) is 0 Å². The largest absolute Gasteiger partial charge is 0.340 e. The maximum absolute atomic E-state index is 13.4. The Morgan fingerprint density at radius 2 is 1.61 bits per heavy atom. The maximum atomic E-state index is 13.4. The van der Waals surface area contributed by atoms with Gasteiger partial charge in [0.15, 0.2) is 0 Å². The number of pyridine rings is 2. The van der Waals surface area contributed by atoms with Gasteiger partial charge in [0.2, 0.25) is 0 Å². The standard InChI is InChI=1S/C26H29N5O2/c1-25(2,3)19-6-8-21(9-7-19)31-23(32)26(4,5)30(24(31)33)17-18-10-15-28-22(16-18)29-20-11-13-27-14-12-20/h6-16H,17H2,1-5H3,(H,27,28,29). The minimum Gasteiger partial charge on any atom is -0.340 e. The predicted molar refractivity (Wildman–Crippen MR) is 129 cm³/mol. The van der Waals surface area contributed by atoms with Gasteiger partial charge in [-0.05, 0) is 66.8 Å². The van der Waals surface area contributed by atoms with E-state index in [4.69, 9.17) is 0 Å². The minimum atomic E-state index is -0.970. The molecule has 0 aliphatic carbocycles. The predicted octanol–water partition coefficient (Wildman–Crippen LogP) is 5.27. The van der Waals surface area contributed by atoms with Gasteiger partial charge in [0.05, 0.1) is 5.69 Å². The van der Waals surface area contributed by atoms with Crippen molar-refractivity contribution in [2.45, 2.75) is 52.1 Å². The SMILES string of the molecule is CC(C)(C)c1ccc(N2C(=O)N(Cc3ccnc(Nc4ccncc4)c3)C(C)(C)C2=O)cc1. The number of urea groups is 1. The van der Waals surface area contributed by atoms with Crippen molar-refractivity contribution in [1.82, 2.24) is 14.9 Å². The van der Waals surface area contributed by atoms with E-state index in [-0.39, 0.29) is 17.4 Å². The minimum absolute atomic E-state index is 0.00773. The number of rotatable bonds is 5. The van der Waals surface area contributed by atoms with E-state index in [0.29, 0.717) is 18.1 Å². The molecule has 1 aromatic carbocycles. The summed E-state index contributed by atoms with van der Waals surface area (Å²) < 4.78 is 0. The van der Waals surface area contributed by atoms with E-state index in [2.05, 4.69) is 36.1 Å². The Balaban J connectivity index is 1.57. The molecule has 0 unspecified atom stereocenters. The van der Waals surface area contributed by atoms with Crippen LogP contribution in [0.5, 0.6) is 0 Å². The van der Waals surface area contributed by atoms with Crippen molar-refractivity contribution in [2.75, 3.05) is 10.2 Å². The second-order valence-corrected chi connectivity index (χ2v) is 9.78. The summed E-state index contributed by atoms with van der Waals surface area (Å²) in [5, 5.41) is 3.23. The van der Waals surface area contributed by atoms with Crippen molar-refractivity contribution in [3.63, 3.8) is 0 Å². The van der Waals surface area contributed by atoms with Gasteiger partial charge in [0, 0.05) is 30.8 Å². The molecule has 33 heavy (non-hydrogen) atoms. The summed E-state index contributed by atoms with van der Waals surface area (Å²) in [6.07, 6.45) is 5.09. The van der Waals surface area contributed by atoms with Crippen molar-refractivity contribution in [1.29, 1.82) is 0 Å². The van der Waals surface area contributed by atoms with Crippen LogP contribution in [0.1, 0.15) is 45.7 Å². The number of carbonyl (C=O) groups is 2. The molecule has 170 valence electrons. The first-order chi connectivity index (χ1) is 15.6. The van der Waals surface area contributed by atoms with Crippen LogP contribution in [0.2, 0.25) is 0 Å². The van der Waals surface area contributed by atoms with E-state index < -0.39 is 5.54 Å². The van der Waals surface area contributed by atoms with Gasteiger partial charge in [-0.3, -0.25) is 9.78 Å². The molecule has 0 spiro atoms. The molecule has 7 nitrogen and oxygen atoms in total. The first-order valence-electron chi connectivity index (χ1n) is 11.0. The lowest BCUT2D eigenvalue weighted by molar-refractivity contribution is -0.123. The molecule has 3 aromatic rings. The first-order valence-corrected chi connectivity index (χ1v) is 11.0. The molecular weight excluding hydrogens is 414 g/mol. The number of anilines is 3. The summed E-state index contributed by atoms with van der Waals surface area (Å²) in [6, 6.07) is 14.8. The fourth-order valence-electron chi connectivity index (χ4n) is 3.85. The van der Waals surface area contributed by atoms with Gasteiger partial charge in [0.25, 0.3) is 5.91 Å². The number of hydrogen-bond donors (Lipinski definition) is 1. The molecule has 7 heteroatoms. The van der Waals surface area contributed by atoms with Gasteiger partial charge in [-0.25, -0.2) is 14.7 Å². The quantitative estimate of drug-likeness (QED) is 0.544. The number of nitrogens with zero attached hydrogens (tertiary/aromatic N) is 4. The molecule has 1 fully saturated rings. The lowest BCUT2D eigenvalue weighted by Gasteiger charge is -2.27. The van der Waals surface area contributed by atoms with E-state index in [1.807, 2.05) is 48.5 Å². The number of nitrogens with one attached hydrogen (secondary N) is 1. The van der Waals surface area contributed by atoms with Gasteiger partial charge in [0.1, 0.15) is 11.4 Å². The zero-order chi connectivity index (χ0) is 23.8. The molecule has 1 aliphatic rings. The van der Waals surface area contributed by atoms with Crippen LogP contribution in [-0.2, 0) is 16.8 Å². The fourth-order valence-corrected chi connectivity index (χ4v) is 3.85. The normalized spacial score (nSPS) is 15.8. The van der Waals surface area contributed by atoms with Crippen LogP contribution in [0.25, 0.3) is 0 Å². The number of aromatic nitrogens is 2. The van der Waals surface area contributed by atoms with E-state index in [1.54, 1.807) is 37.3 Å². The number of imide groups is 1. The van der Waals surface area contributed by atoms with Gasteiger partial charge in [-0.1, -0.05) is 32.9 Å². The van der Waals surface area contributed by atoms with E-state index in [9.17, 15) is 9.59 Å². The monoisotopic (exact) mass is 443 g/mol. The van der Waals surface area contributed by atoms with Crippen LogP contribution in [0.15, 0.2) is 67.1 Å². The summed E-state index contributed by atoms with van der Waals surface area (Å²) in [5.74, 6) is 0.421. The average Bonchev–Trinajstić information content (AvgIpc) is 2.94. The van der Waals surface area contributed by atoms with Crippen molar-refractivity contribution in [3.8, 4) is 0 Å². The highest BCUT2D eigenvalue weighted by Gasteiger charge is 2.51. The van der Waals surface area contributed by atoms with Gasteiger partial charge >= 0.3 is 6.03 Å². The Morgan fingerprint density at radius 3 is 2.24 bits per heavy atom. The second kappa shape index (κ2) is 8.31. The van der Waals surface area contributed by atoms with Crippen molar-refractivity contribution in [3.05, 3.63) is 78.2 Å². The molecule has 3 amide bonds. The zero-order valence-corrected chi connectivity index (χ0v) is 19.7. The highest BCUT2D eigenvalue weighted by Crippen LogP contribution is 2.34. The number of carbonyl (C=O) groups excluding carboxylic acids is 2. The van der Waals surface area contributed by atoms with Gasteiger partial charge < -0.3 is 10.2 Å². The zero-order valence-electron chi connectivity index (χ0n) is 19.7. The third kappa shape index (κ3) is 4.44. The summed E-state index contributed by atoms with van der Waals surface area (Å²) in [5.41, 5.74) is 2.50. The molecule has 0 bridgehead atoms. The van der Waals surface area contributed by atoms with Crippen molar-refractivity contribution in [2.24, 2.45) is 0 Å². The molecule has 3 heterocycles. The molecular formula is C26H29N5O2. The molecule has 4 rings (SSSR count). The molecule has 0 atom stereocenters. The Bertz CT molecular complexity index is 1170. The highest BCUT2D eigenvalue weighted by molar-refractivity contribution is 6.22. The second-order valence-electron chi connectivity index (χ2n) is 9.78. The first kappa shape index (κ1) is 22.5. The lowest BCUT2D eigenvalue weighted by atomic mass is 9.87. The average molecular weight is 444 g/mol. The molecule has 0 radical (unpaired) electrons. The summed E-state index contributed by atoms with van der Waals surface area (Å²) in [7, 11) is 0. The van der Waals surface area contributed by atoms with E-state index in [1.165, 1.54) is 4.90 Å². The lowest BCUT2D eigenvalue weighted by Crippen LogP contribution is -2.43. The van der Waals surface area contributed by atoms with E-state index >= 15 is 0 Å². The number of amides is 3. The van der Waals surface area contributed by atoms with Crippen LogP contribution in [-0.4, -0.2) is 32.3 Å². The molecule has 1 aliphatic heterocycles. The molecule has 2 aromatic heterocycles. The van der Waals surface area contributed by atoms with Gasteiger partial charge in [-0.15, -0.1) is 0 Å². The summed E-state index contributed by atoms with van der Waals surface area (Å²) >= 11 is 0. The van der Waals surface area contributed by atoms with Crippen LogP contribution < -0.4 is 10.2 Å². The Hall–Kier alpha value is -3.74. The topological polar surface area (TPSA) is 78.4 Å². The van der Waals surface area contributed by atoms with Crippen LogP contribution in [0.3, 0.4) is 0 Å². The molecule has 1 saturated heterocycles.